The van der Waals surface area contributed by atoms with E-state index in [0.717, 1.165) is 0 Å². The number of hydrogen-bond donors (Lipinski definition) is 0. The molecule has 3 rings (SSSR count). The lowest BCUT2D eigenvalue weighted by Gasteiger charge is -2.16. The van der Waals surface area contributed by atoms with E-state index in [1.807, 2.05) is 0 Å². The predicted molar refractivity (Wildman–Crippen MR) is 103 cm³/mol. The van der Waals surface area contributed by atoms with Crippen LogP contribution in [0.25, 0.3) is 11.3 Å². The molecule has 0 N–H and O–H groups in total. The van der Waals surface area contributed by atoms with Crippen molar-refractivity contribution in [3.8, 4) is 11.3 Å². The summed E-state index contributed by atoms with van der Waals surface area (Å²) in [5.41, 5.74) is 0.639. The summed E-state index contributed by atoms with van der Waals surface area (Å²) in [7, 11) is 1.26. The molecule has 152 valence electrons. The highest BCUT2D eigenvalue weighted by Crippen LogP contribution is 2.29. The third-order valence-electron chi connectivity index (χ3n) is 4.05. The fraction of sp³-hybridized carbons (Fsp3) is 0.250. The molecule has 0 radical (unpaired) electrons. The van der Waals surface area contributed by atoms with Crippen LogP contribution >= 0.6 is 11.8 Å². The molecule has 7 nitrogen and oxygen atoms in total. The van der Waals surface area contributed by atoms with E-state index < -0.39 is 11.9 Å². The lowest BCUT2D eigenvalue weighted by molar-refractivity contribution is -0.134. The van der Waals surface area contributed by atoms with Gasteiger partial charge in [-0.1, -0.05) is 11.8 Å². The highest BCUT2D eigenvalue weighted by Gasteiger charge is 2.27. The highest BCUT2D eigenvalue weighted by atomic mass is 32.2. The van der Waals surface area contributed by atoms with Gasteiger partial charge in [0.2, 0.25) is 11.7 Å². The van der Waals surface area contributed by atoms with Gasteiger partial charge in [-0.2, -0.15) is 0 Å². The van der Waals surface area contributed by atoms with Crippen LogP contribution in [0.2, 0.25) is 0 Å². The Balaban J connectivity index is 1.50. The number of benzene rings is 1. The molecule has 1 aliphatic heterocycles. The van der Waals surface area contributed by atoms with Crippen molar-refractivity contribution in [2.75, 3.05) is 26.0 Å². The largest absolute Gasteiger partial charge is 0.466 e. The van der Waals surface area contributed by atoms with E-state index in [9.17, 15) is 18.8 Å². The van der Waals surface area contributed by atoms with Crippen molar-refractivity contribution in [2.24, 2.45) is 0 Å². The standard InChI is InChI=1S/C20H18FNO6S/c1-26-19(24)11-18-22(17(23)12-29-18)9-2-10-27-20(25)16-8-7-15(28-16)13-3-5-14(21)6-4-13/h3-8,11H,2,9-10,12H2,1H3/b18-11+. The van der Waals surface area contributed by atoms with Crippen LogP contribution in [-0.4, -0.2) is 48.8 Å². The summed E-state index contributed by atoms with van der Waals surface area (Å²) in [5, 5.41) is 0.517. The Labute approximate surface area is 170 Å². The Hall–Kier alpha value is -3.07. The van der Waals surface area contributed by atoms with Crippen LogP contribution in [0.15, 0.2) is 51.9 Å². The molecule has 1 aromatic carbocycles. The van der Waals surface area contributed by atoms with Gasteiger partial charge in [-0.3, -0.25) is 4.79 Å². The first-order valence-corrected chi connectivity index (χ1v) is 9.72. The average Bonchev–Trinajstić information content (AvgIpc) is 3.33. The summed E-state index contributed by atoms with van der Waals surface area (Å²) in [6, 6.07) is 8.79. The van der Waals surface area contributed by atoms with Crippen molar-refractivity contribution in [3.05, 3.63) is 59.1 Å². The number of thioether (sulfide) groups is 1. The number of amides is 1. The zero-order valence-electron chi connectivity index (χ0n) is 15.6. The summed E-state index contributed by atoms with van der Waals surface area (Å²) in [5.74, 6) is -0.941. The van der Waals surface area contributed by atoms with Crippen molar-refractivity contribution in [2.45, 2.75) is 6.42 Å². The monoisotopic (exact) mass is 419 g/mol. The Kier molecular flexibility index (Phi) is 6.71. The maximum atomic E-state index is 13.0. The molecule has 2 heterocycles. The molecule has 0 unspecified atom stereocenters. The molecule has 0 spiro atoms. The maximum Gasteiger partial charge on any atom is 0.374 e. The van der Waals surface area contributed by atoms with Gasteiger partial charge in [0.05, 0.1) is 30.6 Å². The average molecular weight is 419 g/mol. The Morgan fingerprint density at radius 3 is 2.72 bits per heavy atom. The van der Waals surface area contributed by atoms with Crippen LogP contribution in [0.1, 0.15) is 17.0 Å². The second-order valence-electron chi connectivity index (χ2n) is 6.00. The van der Waals surface area contributed by atoms with Gasteiger partial charge in [0.25, 0.3) is 0 Å². The maximum absolute atomic E-state index is 13.0. The van der Waals surface area contributed by atoms with Gasteiger partial charge in [-0.15, -0.1) is 0 Å². The molecule has 9 heteroatoms. The quantitative estimate of drug-likeness (QED) is 0.387. The molecule has 0 bridgehead atoms. The molecule has 1 aliphatic rings. The second-order valence-corrected chi connectivity index (χ2v) is 7.00. The van der Waals surface area contributed by atoms with Crippen molar-refractivity contribution in [3.63, 3.8) is 0 Å². The van der Waals surface area contributed by atoms with Crippen molar-refractivity contribution in [1.82, 2.24) is 4.90 Å². The van der Waals surface area contributed by atoms with Crippen LogP contribution in [0.5, 0.6) is 0 Å². The molecule has 0 aliphatic carbocycles. The smallest absolute Gasteiger partial charge is 0.374 e. The number of rotatable bonds is 7. The van der Waals surface area contributed by atoms with Gasteiger partial charge in [-0.05, 0) is 42.8 Å². The first-order valence-electron chi connectivity index (χ1n) is 8.73. The van der Waals surface area contributed by atoms with Gasteiger partial charge in [0.15, 0.2) is 0 Å². The zero-order valence-corrected chi connectivity index (χ0v) is 16.4. The molecule has 0 saturated carbocycles. The summed E-state index contributed by atoms with van der Waals surface area (Å²) >= 11 is 1.26. The number of nitrogens with zero attached hydrogens (tertiary/aromatic N) is 1. The number of halogens is 1. The molecular formula is C20H18FNO6S. The van der Waals surface area contributed by atoms with Crippen molar-refractivity contribution in [1.29, 1.82) is 0 Å². The van der Waals surface area contributed by atoms with Crippen LogP contribution in [0.3, 0.4) is 0 Å². The van der Waals surface area contributed by atoms with Gasteiger partial charge < -0.3 is 18.8 Å². The molecule has 29 heavy (non-hydrogen) atoms. The number of carbonyl (C=O) groups excluding carboxylic acids is 3. The summed E-state index contributed by atoms with van der Waals surface area (Å²) < 4.78 is 28.2. The highest BCUT2D eigenvalue weighted by molar-refractivity contribution is 8.04. The second kappa shape index (κ2) is 9.42. The molecule has 1 aromatic heterocycles. The SMILES string of the molecule is COC(=O)/C=C1/SCC(=O)N1CCCOC(=O)c1ccc(-c2ccc(F)cc2)o1. The van der Waals surface area contributed by atoms with Gasteiger partial charge >= 0.3 is 11.9 Å². The summed E-state index contributed by atoms with van der Waals surface area (Å²) in [6.45, 7) is 0.381. The van der Waals surface area contributed by atoms with E-state index in [-0.39, 0.29) is 29.8 Å². The van der Waals surface area contributed by atoms with E-state index in [0.29, 0.717) is 29.3 Å². The normalized spacial score (nSPS) is 15.0. The Morgan fingerprint density at radius 1 is 1.24 bits per heavy atom. The summed E-state index contributed by atoms with van der Waals surface area (Å²) in [6.07, 6.45) is 1.66. The van der Waals surface area contributed by atoms with E-state index in [1.54, 1.807) is 18.2 Å². The Morgan fingerprint density at radius 2 is 2.00 bits per heavy atom. The number of esters is 2. The minimum absolute atomic E-state index is 0.0309. The van der Waals surface area contributed by atoms with E-state index >= 15 is 0 Å². The number of methoxy groups -OCH3 is 1. The predicted octanol–water partition coefficient (Wildman–Crippen LogP) is 3.22. The van der Waals surface area contributed by atoms with Gasteiger partial charge in [-0.25, -0.2) is 14.0 Å². The molecule has 0 atom stereocenters. The van der Waals surface area contributed by atoms with Crippen molar-refractivity contribution >= 4 is 29.6 Å². The Bertz CT molecular complexity index is 937. The topological polar surface area (TPSA) is 86.0 Å². The van der Waals surface area contributed by atoms with E-state index in [4.69, 9.17) is 9.15 Å². The zero-order chi connectivity index (χ0) is 20.8. The third kappa shape index (κ3) is 5.26. The summed E-state index contributed by atoms with van der Waals surface area (Å²) in [4.78, 5) is 36.9. The lowest BCUT2D eigenvalue weighted by atomic mass is 10.2. The van der Waals surface area contributed by atoms with Crippen molar-refractivity contribution < 1.29 is 32.7 Å². The molecule has 1 saturated heterocycles. The minimum atomic E-state index is -0.634. The number of ether oxygens (including phenoxy) is 2. The number of carbonyl (C=O) groups is 3. The van der Waals surface area contributed by atoms with Crippen LogP contribution < -0.4 is 0 Å². The van der Waals surface area contributed by atoms with E-state index in [1.165, 1.54) is 48.0 Å². The first kappa shape index (κ1) is 20.7. The lowest BCUT2D eigenvalue weighted by Crippen LogP contribution is -2.27. The number of furan rings is 1. The van der Waals surface area contributed by atoms with Crippen LogP contribution in [0, 0.1) is 5.82 Å². The van der Waals surface area contributed by atoms with Crippen LogP contribution in [0.4, 0.5) is 4.39 Å². The molecular weight excluding hydrogens is 401 g/mol. The fourth-order valence-electron chi connectivity index (χ4n) is 2.60. The molecule has 1 amide bonds. The van der Waals surface area contributed by atoms with Gasteiger partial charge in [0.1, 0.15) is 11.6 Å². The third-order valence-corrected chi connectivity index (χ3v) is 5.07. The number of hydrogen-bond acceptors (Lipinski definition) is 7. The van der Waals surface area contributed by atoms with Crippen LogP contribution in [-0.2, 0) is 19.1 Å². The van der Waals surface area contributed by atoms with Gasteiger partial charge in [0, 0.05) is 12.1 Å². The first-order chi connectivity index (χ1) is 14.0. The minimum Gasteiger partial charge on any atom is -0.466 e. The van der Waals surface area contributed by atoms with E-state index in [2.05, 4.69) is 4.74 Å². The molecule has 1 fully saturated rings. The molecule has 2 aromatic rings. The fourth-order valence-corrected chi connectivity index (χ4v) is 3.56.